The molecule has 1 atom stereocenters. The number of carbonyl (C=O) groups excluding carboxylic acids is 1. The number of nitrogens with one attached hydrogen (secondary N) is 2. The van der Waals surface area contributed by atoms with Crippen molar-refractivity contribution in [2.24, 2.45) is 0 Å². The van der Waals surface area contributed by atoms with E-state index in [9.17, 15) is 13.2 Å². The minimum Gasteiger partial charge on any atom is -0.350 e. The van der Waals surface area contributed by atoms with Gasteiger partial charge >= 0.3 is 0 Å². The molecule has 8 heteroatoms. The third-order valence-electron chi connectivity index (χ3n) is 3.75. The van der Waals surface area contributed by atoms with Crippen molar-refractivity contribution in [2.75, 3.05) is 20.6 Å². The average Bonchev–Trinajstić information content (AvgIpc) is 3.07. The smallest absolute Gasteiger partial charge is 0.251 e. The number of benzene rings is 1. The summed E-state index contributed by atoms with van der Waals surface area (Å²) < 4.78 is 27.1. The van der Waals surface area contributed by atoms with Gasteiger partial charge in [0.1, 0.15) is 0 Å². The van der Waals surface area contributed by atoms with E-state index in [1.165, 1.54) is 12.1 Å². The Labute approximate surface area is 159 Å². The van der Waals surface area contributed by atoms with Gasteiger partial charge in [0, 0.05) is 23.0 Å². The van der Waals surface area contributed by atoms with E-state index in [2.05, 4.69) is 10.0 Å². The zero-order valence-corrected chi connectivity index (χ0v) is 17.0. The van der Waals surface area contributed by atoms with Crippen LogP contribution >= 0.6 is 11.3 Å². The molecule has 0 fully saturated rings. The molecule has 0 saturated heterocycles. The minimum atomic E-state index is -3.63. The van der Waals surface area contributed by atoms with E-state index in [1.807, 2.05) is 36.5 Å². The molecule has 142 valence electrons. The number of thiophene rings is 1. The molecule has 0 spiro atoms. The van der Waals surface area contributed by atoms with E-state index >= 15 is 0 Å². The first-order valence-corrected chi connectivity index (χ1v) is 10.7. The Morgan fingerprint density at radius 2 is 1.92 bits per heavy atom. The van der Waals surface area contributed by atoms with Crippen molar-refractivity contribution in [3.8, 4) is 0 Å². The lowest BCUT2D eigenvalue weighted by atomic mass is 10.2. The number of rotatable bonds is 8. The fourth-order valence-electron chi connectivity index (χ4n) is 2.49. The molecule has 0 radical (unpaired) electrons. The molecule has 0 unspecified atom stereocenters. The lowest BCUT2D eigenvalue weighted by Crippen LogP contribution is -2.34. The Morgan fingerprint density at radius 3 is 2.50 bits per heavy atom. The molecule has 2 aromatic rings. The second kappa shape index (κ2) is 8.77. The van der Waals surface area contributed by atoms with Crippen LogP contribution in [0.4, 0.5) is 0 Å². The molecule has 0 aliphatic heterocycles. The number of nitrogens with zero attached hydrogens (tertiary/aromatic N) is 1. The molecule has 0 bridgehead atoms. The van der Waals surface area contributed by atoms with Crippen molar-refractivity contribution in [1.29, 1.82) is 0 Å². The van der Waals surface area contributed by atoms with Gasteiger partial charge in [-0.05, 0) is 57.6 Å². The summed E-state index contributed by atoms with van der Waals surface area (Å²) in [4.78, 5) is 15.8. The van der Waals surface area contributed by atoms with Crippen LogP contribution in [0.15, 0.2) is 46.7 Å². The van der Waals surface area contributed by atoms with Crippen molar-refractivity contribution >= 4 is 27.3 Å². The fourth-order valence-corrected chi connectivity index (χ4v) is 4.71. The Morgan fingerprint density at radius 1 is 1.19 bits per heavy atom. The highest BCUT2D eigenvalue weighted by molar-refractivity contribution is 7.89. The van der Waals surface area contributed by atoms with Gasteiger partial charge in [0.25, 0.3) is 5.91 Å². The third-order valence-corrected chi connectivity index (χ3v) is 6.38. The highest BCUT2D eigenvalue weighted by atomic mass is 32.2. The van der Waals surface area contributed by atoms with Crippen molar-refractivity contribution in [3.05, 3.63) is 52.2 Å². The van der Waals surface area contributed by atoms with Gasteiger partial charge < -0.3 is 10.2 Å². The first kappa shape index (κ1) is 20.6. The quantitative estimate of drug-likeness (QED) is 0.720. The van der Waals surface area contributed by atoms with Crippen LogP contribution in [-0.2, 0) is 10.0 Å². The predicted octanol–water partition coefficient (Wildman–Crippen LogP) is 2.47. The molecular weight excluding hydrogens is 370 g/mol. The number of sulfonamides is 1. The molecule has 2 N–H and O–H groups in total. The van der Waals surface area contributed by atoms with E-state index in [1.54, 1.807) is 37.3 Å². The second-order valence-corrected chi connectivity index (χ2v) is 9.20. The predicted molar refractivity (Wildman–Crippen MR) is 105 cm³/mol. The van der Waals surface area contributed by atoms with Gasteiger partial charge in [-0.15, -0.1) is 11.3 Å². The van der Waals surface area contributed by atoms with E-state index in [0.717, 1.165) is 4.88 Å². The lowest BCUT2D eigenvalue weighted by molar-refractivity contribution is 0.0942. The monoisotopic (exact) mass is 395 g/mol. The maximum Gasteiger partial charge on any atom is 0.251 e. The van der Waals surface area contributed by atoms with E-state index in [4.69, 9.17) is 0 Å². The third kappa shape index (κ3) is 5.38. The fraction of sp³-hybridized carbons (Fsp3) is 0.389. The van der Waals surface area contributed by atoms with Crippen molar-refractivity contribution < 1.29 is 13.2 Å². The standard InChI is InChI=1S/C18H25N3O3S2/c1-13(2)20-26(23,24)15-8-5-7-14(11-15)18(22)19-12-16(21(3)4)17-9-6-10-25-17/h5-11,13,16,20H,12H2,1-4H3,(H,19,22)/t16-/m1/s1. The van der Waals surface area contributed by atoms with Crippen LogP contribution in [-0.4, -0.2) is 45.9 Å². The summed E-state index contributed by atoms with van der Waals surface area (Å²) in [6.07, 6.45) is 0. The normalized spacial score (nSPS) is 13.2. The minimum absolute atomic E-state index is 0.0634. The van der Waals surface area contributed by atoms with E-state index in [0.29, 0.717) is 12.1 Å². The highest BCUT2D eigenvalue weighted by Crippen LogP contribution is 2.22. The van der Waals surface area contributed by atoms with Crippen LogP contribution in [0.25, 0.3) is 0 Å². The number of carbonyl (C=O) groups is 1. The summed E-state index contributed by atoms with van der Waals surface area (Å²) in [5, 5.41) is 4.90. The number of amides is 1. The van der Waals surface area contributed by atoms with Crippen LogP contribution < -0.4 is 10.0 Å². The van der Waals surface area contributed by atoms with Gasteiger partial charge in [0.2, 0.25) is 10.0 Å². The van der Waals surface area contributed by atoms with Gasteiger partial charge in [0.15, 0.2) is 0 Å². The average molecular weight is 396 g/mol. The summed E-state index contributed by atoms with van der Waals surface area (Å²) in [6.45, 7) is 3.94. The van der Waals surface area contributed by atoms with Crippen LogP contribution in [0.2, 0.25) is 0 Å². The molecule has 0 aliphatic carbocycles. The summed E-state index contributed by atoms with van der Waals surface area (Å²) in [5.41, 5.74) is 0.320. The van der Waals surface area contributed by atoms with E-state index < -0.39 is 10.0 Å². The Kier molecular flexibility index (Phi) is 6.94. The molecule has 0 aliphatic rings. The van der Waals surface area contributed by atoms with E-state index in [-0.39, 0.29) is 22.9 Å². The second-order valence-electron chi connectivity index (χ2n) is 6.51. The number of hydrogen-bond acceptors (Lipinski definition) is 5. The molecule has 1 aromatic heterocycles. The SMILES string of the molecule is CC(C)NS(=O)(=O)c1cccc(C(=O)NC[C@H](c2cccs2)N(C)C)c1. The van der Waals surface area contributed by atoms with Crippen LogP contribution in [0.5, 0.6) is 0 Å². The van der Waals surface area contributed by atoms with Crippen LogP contribution in [0, 0.1) is 0 Å². The van der Waals surface area contributed by atoms with Crippen molar-refractivity contribution in [2.45, 2.75) is 30.8 Å². The molecule has 0 saturated carbocycles. The van der Waals surface area contributed by atoms with Gasteiger partial charge in [-0.2, -0.15) is 0 Å². The molecule has 2 rings (SSSR count). The largest absolute Gasteiger partial charge is 0.350 e. The van der Waals surface area contributed by atoms with Gasteiger partial charge in [-0.3, -0.25) is 4.79 Å². The Hall–Kier alpha value is -1.74. The summed E-state index contributed by atoms with van der Waals surface area (Å²) in [5.74, 6) is -0.296. The molecule has 26 heavy (non-hydrogen) atoms. The zero-order chi connectivity index (χ0) is 19.3. The van der Waals surface area contributed by atoms with Crippen LogP contribution in [0.3, 0.4) is 0 Å². The highest BCUT2D eigenvalue weighted by Gasteiger charge is 2.19. The summed E-state index contributed by atoms with van der Waals surface area (Å²) in [6, 6.07) is 9.93. The molecule has 1 aromatic carbocycles. The molecule has 6 nitrogen and oxygen atoms in total. The Balaban J connectivity index is 2.11. The molecular formula is C18H25N3O3S2. The zero-order valence-electron chi connectivity index (χ0n) is 15.4. The lowest BCUT2D eigenvalue weighted by Gasteiger charge is -2.23. The molecule has 1 amide bonds. The number of likely N-dealkylation sites (N-methyl/N-ethyl adjacent to an activating group) is 1. The van der Waals surface area contributed by atoms with Crippen molar-refractivity contribution in [1.82, 2.24) is 14.9 Å². The maximum absolute atomic E-state index is 12.5. The maximum atomic E-state index is 12.5. The van der Waals surface area contributed by atoms with Crippen LogP contribution in [0.1, 0.15) is 35.1 Å². The van der Waals surface area contributed by atoms with Gasteiger partial charge in [-0.25, -0.2) is 13.1 Å². The number of hydrogen-bond donors (Lipinski definition) is 2. The summed E-state index contributed by atoms with van der Waals surface area (Å²) in [7, 11) is 0.287. The van der Waals surface area contributed by atoms with Crippen molar-refractivity contribution in [3.63, 3.8) is 0 Å². The molecule has 1 heterocycles. The Bertz CT molecular complexity index is 831. The van der Waals surface area contributed by atoms with Gasteiger partial charge in [0.05, 0.1) is 10.9 Å². The first-order chi connectivity index (χ1) is 12.2. The summed E-state index contributed by atoms with van der Waals surface area (Å²) >= 11 is 1.64. The van der Waals surface area contributed by atoms with Gasteiger partial charge in [-0.1, -0.05) is 12.1 Å². The topological polar surface area (TPSA) is 78.5 Å². The first-order valence-electron chi connectivity index (χ1n) is 8.31.